The molecule has 2 N–H and O–H groups in total. The molecule has 0 bridgehead atoms. The zero-order valence-electron chi connectivity index (χ0n) is 11.1. The lowest BCUT2D eigenvalue weighted by molar-refractivity contribution is -0.140. The molecule has 19 heavy (non-hydrogen) atoms. The molecular weight excluding hydrogens is 242 g/mol. The third-order valence-electron chi connectivity index (χ3n) is 3.58. The third-order valence-corrected chi connectivity index (χ3v) is 3.58. The van der Waals surface area contributed by atoms with Crippen LogP contribution in [0.1, 0.15) is 40.7 Å². The van der Waals surface area contributed by atoms with E-state index in [1.165, 1.54) is 31.1 Å². The molecule has 1 aliphatic carbocycles. The van der Waals surface area contributed by atoms with Crippen LogP contribution in [0.15, 0.2) is 18.2 Å². The van der Waals surface area contributed by atoms with Gasteiger partial charge in [-0.2, -0.15) is 0 Å². The standard InChI is InChI=1S/C15H19NO3/c1-19-14(17)9-13(16)15(18)12-7-6-10-4-2-3-5-11(10)8-12/h6-8,13H,2-5,9,16H2,1H3. The molecular formula is C15H19NO3. The second kappa shape index (κ2) is 5.97. The van der Waals surface area contributed by atoms with Crippen LogP contribution in [0.3, 0.4) is 0 Å². The number of esters is 1. The minimum Gasteiger partial charge on any atom is -0.469 e. The molecule has 0 aliphatic heterocycles. The second-order valence-electron chi connectivity index (χ2n) is 4.94. The minimum absolute atomic E-state index is 0.0770. The topological polar surface area (TPSA) is 69.4 Å². The normalized spacial score (nSPS) is 15.5. The summed E-state index contributed by atoms with van der Waals surface area (Å²) in [5.74, 6) is -0.655. The largest absolute Gasteiger partial charge is 0.469 e. The van der Waals surface area contributed by atoms with E-state index in [2.05, 4.69) is 4.74 Å². The van der Waals surface area contributed by atoms with Gasteiger partial charge in [0.1, 0.15) is 0 Å². The Morgan fingerprint density at radius 1 is 1.26 bits per heavy atom. The van der Waals surface area contributed by atoms with Crippen molar-refractivity contribution in [2.45, 2.75) is 38.1 Å². The van der Waals surface area contributed by atoms with Gasteiger partial charge in [-0.05, 0) is 42.9 Å². The Labute approximate surface area is 112 Å². The number of methoxy groups -OCH3 is 1. The Bertz CT molecular complexity index is 496. The van der Waals surface area contributed by atoms with Crippen molar-refractivity contribution in [3.8, 4) is 0 Å². The fourth-order valence-electron chi connectivity index (χ4n) is 2.46. The average molecular weight is 261 g/mol. The molecule has 4 nitrogen and oxygen atoms in total. The third kappa shape index (κ3) is 3.20. The summed E-state index contributed by atoms with van der Waals surface area (Å²) in [7, 11) is 1.29. The Balaban J connectivity index is 2.12. The predicted molar refractivity (Wildman–Crippen MR) is 72.0 cm³/mol. The summed E-state index contributed by atoms with van der Waals surface area (Å²) in [6.07, 6.45) is 4.40. The van der Waals surface area contributed by atoms with Gasteiger partial charge in [-0.1, -0.05) is 12.1 Å². The fourth-order valence-corrected chi connectivity index (χ4v) is 2.46. The van der Waals surface area contributed by atoms with Crippen molar-refractivity contribution in [2.75, 3.05) is 7.11 Å². The van der Waals surface area contributed by atoms with Crippen LogP contribution in [0.4, 0.5) is 0 Å². The van der Waals surface area contributed by atoms with E-state index in [1.54, 1.807) is 0 Å². The summed E-state index contributed by atoms with van der Waals surface area (Å²) in [5, 5.41) is 0. The van der Waals surface area contributed by atoms with E-state index in [1.807, 2.05) is 18.2 Å². The van der Waals surface area contributed by atoms with E-state index in [4.69, 9.17) is 5.73 Å². The quantitative estimate of drug-likeness (QED) is 0.660. The molecule has 1 aromatic carbocycles. The number of benzene rings is 1. The molecule has 4 heteroatoms. The molecule has 2 rings (SSSR count). The Morgan fingerprint density at radius 2 is 1.95 bits per heavy atom. The minimum atomic E-state index is -0.825. The highest BCUT2D eigenvalue weighted by molar-refractivity contribution is 6.01. The van der Waals surface area contributed by atoms with Gasteiger partial charge in [0.15, 0.2) is 5.78 Å². The zero-order chi connectivity index (χ0) is 13.8. The van der Waals surface area contributed by atoms with Crippen LogP contribution in [0, 0.1) is 0 Å². The molecule has 0 heterocycles. The Morgan fingerprint density at radius 3 is 2.63 bits per heavy atom. The van der Waals surface area contributed by atoms with Crippen molar-refractivity contribution in [1.82, 2.24) is 0 Å². The van der Waals surface area contributed by atoms with Crippen LogP contribution in [0.2, 0.25) is 0 Å². The van der Waals surface area contributed by atoms with Crippen LogP contribution in [-0.2, 0) is 22.4 Å². The van der Waals surface area contributed by atoms with Crippen LogP contribution in [0.5, 0.6) is 0 Å². The summed E-state index contributed by atoms with van der Waals surface area (Å²) >= 11 is 0. The summed E-state index contributed by atoms with van der Waals surface area (Å²) in [6.45, 7) is 0. The van der Waals surface area contributed by atoms with E-state index in [9.17, 15) is 9.59 Å². The average Bonchev–Trinajstić information content (AvgIpc) is 2.45. The number of fused-ring (bicyclic) bond motifs is 1. The van der Waals surface area contributed by atoms with Crippen molar-refractivity contribution in [3.63, 3.8) is 0 Å². The smallest absolute Gasteiger partial charge is 0.307 e. The van der Waals surface area contributed by atoms with E-state index in [0.29, 0.717) is 5.56 Å². The summed E-state index contributed by atoms with van der Waals surface area (Å²) < 4.78 is 4.53. The zero-order valence-corrected chi connectivity index (χ0v) is 11.1. The number of carbonyl (C=O) groups excluding carboxylic acids is 2. The van der Waals surface area contributed by atoms with Crippen LogP contribution in [0.25, 0.3) is 0 Å². The van der Waals surface area contributed by atoms with Crippen molar-refractivity contribution < 1.29 is 14.3 Å². The highest BCUT2D eigenvalue weighted by Gasteiger charge is 2.21. The van der Waals surface area contributed by atoms with Crippen molar-refractivity contribution >= 4 is 11.8 Å². The molecule has 1 atom stereocenters. The van der Waals surface area contributed by atoms with Gasteiger partial charge in [0.25, 0.3) is 0 Å². The lowest BCUT2D eigenvalue weighted by Gasteiger charge is -2.17. The maximum Gasteiger partial charge on any atom is 0.307 e. The van der Waals surface area contributed by atoms with Gasteiger partial charge in [0, 0.05) is 5.56 Å². The van der Waals surface area contributed by atoms with Crippen LogP contribution >= 0.6 is 0 Å². The number of Topliss-reactive ketones (excluding diaryl/α,β-unsaturated/α-hetero) is 1. The number of nitrogens with two attached hydrogens (primary N) is 1. The summed E-state index contributed by atoms with van der Waals surface area (Å²) in [5.41, 5.74) is 8.91. The molecule has 0 radical (unpaired) electrons. The number of aryl methyl sites for hydroxylation is 2. The number of ether oxygens (including phenoxy) is 1. The molecule has 1 aliphatic rings. The number of hydrogen-bond acceptors (Lipinski definition) is 4. The molecule has 0 saturated heterocycles. The molecule has 0 amide bonds. The molecule has 1 aromatic rings. The lowest BCUT2D eigenvalue weighted by Crippen LogP contribution is -2.33. The van der Waals surface area contributed by atoms with Gasteiger partial charge < -0.3 is 10.5 Å². The molecule has 1 unspecified atom stereocenters. The highest BCUT2D eigenvalue weighted by Crippen LogP contribution is 2.22. The van der Waals surface area contributed by atoms with Gasteiger partial charge in [-0.25, -0.2) is 0 Å². The Kier molecular flexibility index (Phi) is 4.32. The van der Waals surface area contributed by atoms with Gasteiger partial charge in [-0.15, -0.1) is 0 Å². The summed E-state index contributed by atoms with van der Waals surface area (Å²) in [4.78, 5) is 23.3. The fraction of sp³-hybridized carbons (Fsp3) is 0.467. The predicted octanol–water partition coefficient (Wildman–Crippen LogP) is 1.64. The van der Waals surface area contributed by atoms with E-state index in [0.717, 1.165) is 12.8 Å². The van der Waals surface area contributed by atoms with E-state index < -0.39 is 12.0 Å². The van der Waals surface area contributed by atoms with Gasteiger partial charge >= 0.3 is 5.97 Å². The first-order valence-corrected chi connectivity index (χ1v) is 6.60. The van der Waals surface area contributed by atoms with Gasteiger partial charge in [0.05, 0.1) is 19.6 Å². The number of hydrogen-bond donors (Lipinski definition) is 1. The monoisotopic (exact) mass is 261 g/mol. The Hall–Kier alpha value is -1.68. The second-order valence-corrected chi connectivity index (χ2v) is 4.94. The highest BCUT2D eigenvalue weighted by atomic mass is 16.5. The van der Waals surface area contributed by atoms with Crippen LogP contribution in [-0.4, -0.2) is 24.9 Å². The first-order chi connectivity index (χ1) is 9.11. The van der Waals surface area contributed by atoms with E-state index >= 15 is 0 Å². The molecule has 0 fully saturated rings. The number of ketones is 1. The lowest BCUT2D eigenvalue weighted by atomic mass is 9.89. The first-order valence-electron chi connectivity index (χ1n) is 6.60. The van der Waals surface area contributed by atoms with E-state index in [-0.39, 0.29) is 12.2 Å². The van der Waals surface area contributed by atoms with Crippen molar-refractivity contribution in [3.05, 3.63) is 34.9 Å². The van der Waals surface area contributed by atoms with Gasteiger partial charge in [-0.3, -0.25) is 9.59 Å². The molecule has 0 spiro atoms. The van der Waals surface area contributed by atoms with Crippen molar-refractivity contribution in [2.24, 2.45) is 5.73 Å². The van der Waals surface area contributed by atoms with Crippen molar-refractivity contribution in [1.29, 1.82) is 0 Å². The maximum atomic E-state index is 12.1. The molecule has 0 aromatic heterocycles. The molecule has 0 saturated carbocycles. The van der Waals surface area contributed by atoms with Gasteiger partial charge in [0.2, 0.25) is 0 Å². The SMILES string of the molecule is COC(=O)CC(N)C(=O)c1ccc2c(c1)CCCC2. The molecule has 102 valence electrons. The number of carbonyl (C=O) groups is 2. The maximum absolute atomic E-state index is 12.1. The first kappa shape index (κ1) is 13.7. The van der Waals surface area contributed by atoms with Crippen LogP contribution < -0.4 is 5.73 Å². The summed E-state index contributed by atoms with van der Waals surface area (Å²) in [6, 6.07) is 4.92. The number of rotatable bonds is 4.